The van der Waals surface area contributed by atoms with Gasteiger partial charge in [-0.2, -0.15) is 0 Å². The lowest BCUT2D eigenvalue weighted by atomic mass is 10.1. The summed E-state index contributed by atoms with van der Waals surface area (Å²) in [7, 11) is 6.09. The molecule has 29 heavy (non-hydrogen) atoms. The Morgan fingerprint density at radius 1 is 0.621 bits per heavy atom. The average molecular weight is 402 g/mol. The van der Waals surface area contributed by atoms with Gasteiger partial charge in [-0.15, -0.1) is 0 Å². The monoisotopic (exact) mass is 402 g/mol. The minimum Gasteiger partial charge on any atom is -0.351 e. The first-order valence-corrected chi connectivity index (χ1v) is 8.86. The van der Waals surface area contributed by atoms with Crippen LogP contribution in [0.2, 0.25) is 0 Å². The summed E-state index contributed by atoms with van der Waals surface area (Å²) in [6, 6.07) is 18.9. The zero-order valence-corrected chi connectivity index (χ0v) is 17.0. The third kappa shape index (κ3) is 6.65. The number of ether oxygens (including phenoxy) is 4. The number of benzene rings is 2. The molecule has 156 valence electrons. The van der Waals surface area contributed by atoms with Gasteiger partial charge in [-0.3, -0.25) is 0 Å². The highest BCUT2D eigenvalue weighted by atomic mass is 16.8. The van der Waals surface area contributed by atoms with E-state index in [1.165, 1.54) is 28.4 Å². The molecule has 0 fully saturated rings. The van der Waals surface area contributed by atoms with E-state index in [-0.39, 0.29) is 6.79 Å². The van der Waals surface area contributed by atoms with E-state index in [0.29, 0.717) is 11.4 Å². The van der Waals surface area contributed by atoms with Gasteiger partial charge in [0.2, 0.25) is 12.6 Å². The standard InChI is InChI=1S/C21H26N2O6/c1-24-20(25-2)18(16-11-7-5-8-12-16)22-28-15-29-23-19(21(26-3)27-4)17-13-9-6-10-14-17/h5-14,20-21H,15H2,1-4H3/b22-18-,23-19-. The molecule has 0 aliphatic carbocycles. The van der Waals surface area contributed by atoms with Crippen molar-refractivity contribution in [2.75, 3.05) is 35.2 Å². The van der Waals surface area contributed by atoms with Crippen LogP contribution in [-0.4, -0.2) is 59.2 Å². The van der Waals surface area contributed by atoms with Crippen LogP contribution in [0.1, 0.15) is 11.1 Å². The fourth-order valence-electron chi connectivity index (χ4n) is 2.54. The lowest BCUT2D eigenvalue weighted by molar-refractivity contribution is -0.0740. The van der Waals surface area contributed by atoms with Crippen molar-refractivity contribution in [1.29, 1.82) is 0 Å². The maximum absolute atomic E-state index is 5.30. The molecule has 0 aliphatic rings. The molecule has 2 aromatic carbocycles. The zero-order valence-electron chi connectivity index (χ0n) is 17.0. The number of oxime groups is 2. The molecule has 2 aromatic rings. The number of nitrogens with zero attached hydrogens (tertiary/aromatic N) is 2. The van der Waals surface area contributed by atoms with Crippen molar-refractivity contribution >= 4 is 11.4 Å². The van der Waals surface area contributed by atoms with Gasteiger partial charge < -0.3 is 28.6 Å². The number of rotatable bonds is 12. The van der Waals surface area contributed by atoms with E-state index >= 15 is 0 Å². The topological polar surface area (TPSA) is 80.1 Å². The molecular weight excluding hydrogens is 376 g/mol. The molecule has 0 saturated carbocycles. The van der Waals surface area contributed by atoms with E-state index in [1.54, 1.807) is 0 Å². The van der Waals surface area contributed by atoms with Gasteiger partial charge in [-0.25, -0.2) is 0 Å². The predicted molar refractivity (Wildman–Crippen MR) is 109 cm³/mol. The summed E-state index contributed by atoms with van der Waals surface area (Å²) in [6.07, 6.45) is -1.38. The van der Waals surface area contributed by atoms with Crippen molar-refractivity contribution in [3.8, 4) is 0 Å². The Balaban J connectivity index is 2.10. The predicted octanol–water partition coefficient (Wildman–Crippen LogP) is 3.02. The Bertz CT molecular complexity index is 694. The first-order chi connectivity index (χ1) is 14.2. The van der Waals surface area contributed by atoms with Gasteiger partial charge in [0.05, 0.1) is 0 Å². The molecule has 0 atom stereocenters. The molecule has 2 rings (SSSR count). The molecule has 0 N–H and O–H groups in total. The maximum Gasteiger partial charge on any atom is 0.280 e. The van der Waals surface area contributed by atoms with Gasteiger partial charge in [-0.05, 0) is 0 Å². The third-order valence-corrected chi connectivity index (χ3v) is 3.87. The molecular formula is C21H26N2O6. The van der Waals surface area contributed by atoms with Crippen LogP contribution in [0.25, 0.3) is 0 Å². The van der Waals surface area contributed by atoms with Crippen molar-refractivity contribution in [1.82, 2.24) is 0 Å². The van der Waals surface area contributed by atoms with Crippen LogP contribution in [0.4, 0.5) is 0 Å². The molecule has 0 bridgehead atoms. The Morgan fingerprint density at radius 2 is 0.966 bits per heavy atom. The summed E-state index contributed by atoms with van der Waals surface area (Å²) in [6.45, 7) is -0.229. The Hall–Kier alpha value is -2.78. The molecule has 8 nitrogen and oxygen atoms in total. The summed E-state index contributed by atoms with van der Waals surface area (Å²) < 4.78 is 21.2. The average Bonchev–Trinajstić information content (AvgIpc) is 2.79. The van der Waals surface area contributed by atoms with Gasteiger partial charge in [0.1, 0.15) is 11.4 Å². The van der Waals surface area contributed by atoms with E-state index in [4.69, 9.17) is 28.6 Å². The van der Waals surface area contributed by atoms with Gasteiger partial charge in [0.25, 0.3) is 6.79 Å². The van der Waals surface area contributed by atoms with Gasteiger partial charge in [-0.1, -0.05) is 71.0 Å². The van der Waals surface area contributed by atoms with Crippen molar-refractivity contribution in [2.45, 2.75) is 12.6 Å². The second kappa shape index (κ2) is 12.6. The van der Waals surface area contributed by atoms with E-state index < -0.39 is 12.6 Å². The minimum atomic E-state index is -0.688. The van der Waals surface area contributed by atoms with Gasteiger partial charge in [0.15, 0.2) is 0 Å². The second-order valence-electron chi connectivity index (χ2n) is 5.67. The van der Waals surface area contributed by atoms with Crippen LogP contribution in [-0.2, 0) is 28.6 Å². The molecule has 0 aromatic heterocycles. The molecule has 0 amide bonds. The Morgan fingerprint density at radius 3 is 1.28 bits per heavy atom. The highest BCUT2D eigenvalue weighted by molar-refractivity contribution is 6.03. The molecule has 8 heteroatoms. The van der Waals surface area contributed by atoms with Crippen molar-refractivity contribution < 1.29 is 28.6 Å². The van der Waals surface area contributed by atoms with Crippen LogP contribution in [0.3, 0.4) is 0 Å². The highest BCUT2D eigenvalue weighted by Crippen LogP contribution is 2.10. The van der Waals surface area contributed by atoms with Crippen LogP contribution >= 0.6 is 0 Å². The Labute approximate surface area is 170 Å². The van der Waals surface area contributed by atoms with E-state index in [1.807, 2.05) is 60.7 Å². The number of methoxy groups -OCH3 is 4. The maximum atomic E-state index is 5.30. The molecule has 0 aliphatic heterocycles. The quantitative estimate of drug-likeness (QED) is 0.235. The SMILES string of the molecule is COC(OC)/C(=N\OCO/N=C(/c1ccccc1)C(OC)OC)c1ccccc1. The van der Waals surface area contributed by atoms with Crippen LogP contribution in [0.15, 0.2) is 71.0 Å². The summed E-state index contributed by atoms with van der Waals surface area (Å²) in [5.41, 5.74) is 2.54. The van der Waals surface area contributed by atoms with Crippen LogP contribution < -0.4 is 0 Å². The second-order valence-corrected chi connectivity index (χ2v) is 5.67. The van der Waals surface area contributed by atoms with Crippen molar-refractivity contribution in [3.63, 3.8) is 0 Å². The fourth-order valence-corrected chi connectivity index (χ4v) is 2.54. The summed E-state index contributed by atoms with van der Waals surface area (Å²) in [4.78, 5) is 10.6. The lowest BCUT2D eigenvalue weighted by Gasteiger charge is -2.16. The van der Waals surface area contributed by atoms with E-state index in [0.717, 1.165) is 11.1 Å². The molecule has 0 heterocycles. The van der Waals surface area contributed by atoms with Crippen molar-refractivity contribution in [2.24, 2.45) is 10.3 Å². The molecule has 0 spiro atoms. The smallest absolute Gasteiger partial charge is 0.280 e. The normalized spacial score (nSPS) is 12.5. The zero-order chi connectivity index (χ0) is 20.9. The highest BCUT2D eigenvalue weighted by Gasteiger charge is 2.19. The number of hydrogen-bond donors (Lipinski definition) is 0. The first-order valence-electron chi connectivity index (χ1n) is 8.86. The summed E-state index contributed by atoms with van der Waals surface area (Å²) in [5, 5.41) is 8.20. The molecule has 0 saturated heterocycles. The van der Waals surface area contributed by atoms with Crippen LogP contribution in [0, 0.1) is 0 Å². The van der Waals surface area contributed by atoms with E-state index in [9.17, 15) is 0 Å². The molecule has 0 radical (unpaired) electrons. The van der Waals surface area contributed by atoms with Gasteiger partial charge in [0, 0.05) is 39.6 Å². The first kappa shape index (κ1) is 22.5. The summed E-state index contributed by atoms with van der Waals surface area (Å²) >= 11 is 0. The number of hydrogen-bond acceptors (Lipinski definition) is 8. The lowest BCUT2D eigenvalue weighted by Crippen LogP contribution is -2.27. The van der Waals surface area contributed by atoms with E-state index in [2.05, 4.69) is 10.3 Å². The Kier molecular flexibility index (Phi) is 9.81. The summed E-state index contributed by atoms with van der Waals surface area (Å²) in [5.74, 6) is 0. The molecule has 0 unspecified atom stereocenters. The van der Waals surface area contributed by atoms with Crippen LogP contribution in [0.5, 0.6) is 0 Å². The minimum absolute atomic E-state index is 0.229. The fraction of sp³-hybridized carbons (Fsp3) is 0.333. The van der Waals surface area contributed by atoms with Gasteiger partial charge >= 0.3 is 0 Å². The third-order valence-electron chi connectivity index (χ3n) is 3.87. The largest absolute Gasteiger partial charge is 0.351 e. The van der Waals surface area contributed by atoms with Crippen molar-refractivity contribution in [3.05, 3.63) is 71.8 Å².